The van der Waals surface area contributed by atoms with Gasteiger partial charge < -0.3 is 28.4 Å². The van der Waals surface area contributed by atoms with Crippen molar-refractivity contribution in [2.24, 2.45) is 0 Å². The predicted octanol–water partition coefficient (Wildman–Crippen LogP) is 1.63. The lowest BCUT2D eigenvalue weighted by molar-refractivity contribution is -0.148. The molecule has 1 aliphatic heterocycles. The molecule has 8 nitrogen and oxygen atoms in total. The fourth-order valence-corrected chi connectivity index (χ4v) is 1.64. The van der Waals surface area contributed by atoms with Crippen LogP contribution in [0, 0.1) is 0 Å². The summed E-state index contributed by atoms with van der Waals surface area (Å²) >= 11 is 0. The van der Waals surface area contributed by atoms with E-state index >= 15 is 0 Å². The second-order valence-electron chi connectivity index (χ2n) is 4.60. The highest BCUT2D eigenvalue weighted by Crippen LogP contribution is 2.26. The molecule has 1 heterocycles. The summed E-state index contributed by atoms with van der Waals surface area (Å²) in [6.07, 6.45) is 0.210. The molecular weight excluding hydrogens is 284 g/mol. The molecule has 1 fully saturated rings. The summed E-state index contributed by atoms with van der Waals surface area (Å²) in [5, 5.41) is 0. The van der Waals surface area contributed by atoms with Gasteiger partial charge in [-0.2, -0.15) is 0 Å². The van der Waals surface area contributed by atoms with Crippen LogP contribution in [-0.4, -0.2) is 57.7 Å². The van der Waals surface area contributed by atoms with Gasteiger partial charge in [0, 0.05) is 0 Å². The highest BCUT2D eigenvalue weighted by molar-refractivity contribution is 5.60. The zero-order valence-corrected chi connectivity index (χ0v) is 12.5. The van der Waals surface area contributed by atoms with Gasteiger partial charge >= 0.3 is 12.3 Å². The first-order chi connectivity index (χ1) is 9.88. The van der Waals surface area contributed by atoms with Crippen molar-refractivity contribution < 1.29 is 38.0 Å². The van der Waals surface area contributed by atoms with Gasteiger partial charge in [0.1, 0.15) is 12.7 Å². The van der Waals surface area contributed by atoms with Crippen LogP contribution in [0.4, 0.5) is 9.59 Å². The lowest BCUT2D eigenvalue weighted by Gasteiger charge is -2.21. The molecule has 21 heavy (non-hydrogen) atoms. The van der Waals surface area contributed by atoms with Crippen LogP contribution in [-0.2, 0) is 28.4 Å². The van der Waals surface area contributed by atoms with E-state index in [0.29, 0.717) is 0 Å². The van der Waals surface area contributed by atoms with Crippen molar-refractivity contribution in [1.82, 2.24) is 0 Å². The van der Waals surface area contributed by atoms with Gasteiger partial charge in [-0.25, -0.2) is 9.59 Å². The number of methoxy groups -OCH3 is 2. The molecule has 8 heteroatoms. The first-order valence-electron chi connectivity index (χ1n) is 6.31. The van der Waals surface area contributed by atoms with Gasteiger partial charge in [0.05, 0.1) is 20.8 Å². The van der Waals surface area contributed by atoms with E-state index in [1.807, 2.05) is 0 Å². The minimum absolute atomic E-state index is 0.0231. The average Bonchev–Trinajstić information content (AvgIpc) is 2.81. The Morgan fingerprint density at radius 1 is 1.29 bits per heavy atom. The first kappa shape index (κ1) is 17.3. The van der Waals surface area contributed by atoms with Gasteiger partial charge in [0.25, 0.3) is 0 Å². The average molecular weight is 304 g/mol. The zero-order valence-electron chi connectivity index (χ0n) is 12.5. The molecule has 0 aromatic carbocycles. The number of carbonyl (C=O) groups is 2. The third-order valence-electron chi connectivity index (χ3n) is 2.59. The van der Waals surface area contributed by atoms with Crippen molar-refractivity contribution in [1.29, 1.82) is 0 Å². The Morgan fingerprint density at radius 3 is 2.48 bits per heavy atom. The predicted molar refractivity (Wildman–Crippen MR) is 69.7 cm³/mol. The third kappa shape index (κ3) is 6.01. The standard InChI is InChI=1S/C13H20O8/c1-13(2)19-8-10(21-13)9(20-12(15)17-4)6-5-7-18-11(14)16-3/h5-6,9-10H,7-8H2,1-4H3/b6-5+. The smallest absolute Gasteiger partial charge is 0.438 e. The molecule has 2 unspecified atom stereocenters. The molecule has 0 N–H and O–H groups in total. The number of hydrogen-bond acceptors (Lipinski definition) is 8. The summed E-state index contributed by atoms with van der Waals surface area (Å²) in [7, 11) is 2.42. The minimum atomic E-state index is -0.841. The van der Waals surface area contributed by atoms with Gasteiger partial charge in [-0.3, -0.25) is 0 Å². The summed E-state index contributed by atoms with van der Waals surface area (Å²) in [6, 6.07) is 0. The lowest BCUT2D eigenvalue weighted by Crippen LogP contribution is -2.33. The SMILES string of the molecule is COC(=O)OC/C=C/C(OC(=O)OC)C1COC(C)(C)O1. The van der Waals surface area contributed by atoms with Gasteiger partial charge in [-0.15, -0.1) is 0 Å². The maximum atomic E-state index is 11.2. The number of rotatable bonds is 5. The quantitative estimate of drug-likeness (QED) is 0.559. The molecule has 0 aromatic rings. The molecule has 0 aliphatic carbocycles. The van der Waals surface area contributed by atoms with E-state index in [1.54, 1.807) is 13.8 Å². The van der Waals surface area contributed by atoms with E-state index in [4.69, 9.17) is 14.2 Å². The van der Waals surface area contributed by atoms with Crippen molar-refractivity contribution in [2.45, 2.75) is 31.8 Å². The highest BCUT2D eigenvalue weighted by Gasteiger charge is 2.38. The molecule has 0 amide bonds. The van der Waals surface area contributed by atoms with Crippen molar-refractivity contribution in [3.63, 3.8) is 0 Å². The first-order valence-corrected chi connectivity index (χ1v) is 6.31. The number of carbonyl (C=O) groups excluding carboxylic acids is 2. The molecule has 1 rings (SSSR count). The van der Waals surface area contributed by atoms with E-state index in [1.165, 1.54) is 26.4 Å². The van der Waals surface area contributed by atoms with Crippen molar-refractivity contribution in [3.8, 4) is 0 Å². The monoisotopic (exact) mass is 304 g/mol. The highest BCUT2D eigenvalue weighted by atomic mass is 16.8. The van der Waals surface area contributed by atoms with Crippen molar-refractivity contribution in [2.75, 3.05) is 27.4 Å². The maximum absolute atomic E-state index is 11.2. The van der Waals surface area contributed by atoms with Crippen LogP contribution in [0.2, 0.25) is 0 Å². The van der Waals surface area contributed by atoms with Crippen LogP contribution in [0.3, 0.4) is 0 Å². The Morgan fingerprint density at radius 2 is 1.95 bits per heavy atom. The summed E-state index contributed by atoms with van der Waals surface area (Å²) in [5.41, 5.74) is 0. The Labute approximate surface area is 122 Å². The maximum Gasteiger partial charge on any atom is 0.508 e. The van der Waals surface area contributed by atoms with Crippen LogP contribution >= 0.6 is 0 Å². The Hall–Kier alpha value is -1.80. The zero-order chi connectivity index (χ0) is 15.9. The van der Waals surface area contributed by atoms with Crippen LogP contribution < -0.4 is 0 Å². The fourth-order valence-electron chi connectivity index (χ4n) is 1.64. The van der Waals surface area contributed by atoms with Gasteiger partial charge in [-0.05, 0) is 26.0 Å². The van der Waals surface area contributed by atoms with Gasteiger partial charge in [0.2, 0.25) is 0 Å². The van der Waals surface area contributed by atoms with E-state index < -0.39 is 30.3 Å². The van der Waals surface area contributed by atoms with Crippen LogP contribution in [0.1, 0.15) is 13.8 Å². The minimum Gasteiger partial charge on any atom is -0.438 e. The molecule has 1 aliphatic rings. The molecule has 0 spiro atoms. The molecule has 0 aromatic heterocycles. The van der Waals surface area contributed by atoms with E-state index in [9.17, 15) is 9.59 Å². The largest absolute Gasteiger partial charge is 0.508 e. The molecule has 2 atom stereocenters. The molecular formula is C13H20O8. The Balaban J connectivity index is 2.58. The normalized spacial score (nSPS) is 21.8. The van der Waals surface area contributed by atoms with E-state index in [-0.39, 0.29) is 13.2 Å². The van der Waals surface area contributed by atoms with Crippen LogP contribution in [0.5, 0.6) is 0 Å². The molecule has 0 bridgehead atoms. The summed E-state index contributed by atoms with van der Waals surface area (Å²) in [5.74, 6) is -0.751. The second-order valence-corrected chi connectivity index (χ2v) is 4.60. The number of ether oxygens (including phenoxy) is 6. The topological polar surface area (TPSA) is 89.5 Å². The van der Waals surface area contributed by atoms with Crippen molar-refractivity contribution >= 4 is 12.3 Å². The lowest BCUT2D eigenvalue weighted by atomic mass is 10.2. The molecule has 1 saturated heterocycles. The van der Waals surface area contributed by atoms with Gasteiger partial charge in [0.15, 0.2) is 11.9 Å². The fraction of sp³-hybridized carbons (Fsp3) is 0.692. The van der Waals surface area contributed by atoms with E-state index in [2.05, 4.69) is 14.2 Å². The van der Waals surface area contributed by atoms with Crippen LogP contribution in [0.25, 0.3) is 0 Å². The second kappa shape index (κ2) is 7.84. The Bertz CT molecular complexity index is 390. The van der Waals surface area contributed by atoms with E-state index in [0.717, 1.165) is 0 Å². The summed E-state index contributed by atoms with van der Waals surface area (Å²) < 4.78 is 29.6. The molecule has 0 radical (unpaired) electrons. The van der Waals surface area contributed by atoms with Crippen LogP contribution in [0.15, 0.2) is 12.2 Å². The molecule has 120 valence electrons. The van der Waals surface area contributed by atoms with Crippen molar-refractivity contribution in [3.05, 3.63) is 12.2 Å². The number of hydrogen-bond donors (Lipinski definition) is 0. The van der Waals surface area contributed by atoms with Gasteiger partial charge in [-0.1, -0.05) is 0 Å². The Kier molecular flexibility index (Phi) is 6.44. The molecule has 0 saturated carbocycles. The summed E-state index contributed by atoms with van der Waals surface area (Å²) in [6.45, 7) is 3.75. The summed E-state index contributed by atoms with van der Waals surface area (Å²) in [4.78, 5) is 22.0. The third-order valence-corrected chi connectivity index (χ3v) is 2.59.